The Hall–Kier alpha value is -1.15. The van der Waals surface area contributed by atoms with Crippen molar-refractivity contribution in [1.82, 2.24) is 4.90 Å². The molecule has 20 heavy (non-hydrogen) atoms. The summed E-state index contributed by atoms with van der Waals surface area (Å²) in [4.78, 5) is 15.1. The van der Waals surface area contributed by atoms with Gasteiger partial charge in [-0.3, -0.25) is 9.69 Å². The van der Waals surface area contributed by atoms with E-state index in [0.29, 0.717) is 5.41 Å². The highest BCUT2D eigenvalue weighted by atomic mass is 16.1. The zero-order chi connectivity index (χ0) is 14.9. The molecule has 0 N–H and O–H groups in total. The van der Waals surface area contributed by atoms with E-state index in [9.17, 15) is 4.79 Å². The van der Waals surface area contributed by atoms with Crippen LogP contribution in [0, 0.1) is 19.3 Å². The summed E-state index contributed by atoms with van der Waals surface area (Å²) >= 11 is 0. The molecule has 0 saturated carbocycles. The first-order valence-electron chi connectivity index (χ1n) is 7.66. The molecule has 2 rings (SSSR count). The van der Waals surface area contributed by atoms with Gasteiger partial charge >= 0.3 is 0 Å². The molecular formula is C18H27NO. The summed E-state index contributed by atoms with van der Waals surface area (Å²) in [6.45, 7) is 12.8. The van der Waals surface area contributed by atoms with E-state index in [4.69, 9.17) is 0 Å². The highest BCUT2D eigenvalue weighted by Crippen LogP contribution is 2.31. The number of piperidine rings is 1. The Morgan fingerprint density at radius 3 is 2.40 bits per heavy atom. The van der Waals surface area contributed by atoms with Crippen molar-refractivity contribution < 1.29 is 4.79 Å². The molecule has 1 fully saturated rings. The van der Waals surface area contributed by atoms with Crippen LogP contribution >= 0.6 is 0 Å². The molecule has 0 amide bonds. The predicted molar refractivity (Wildman–Crippen MR) is 84.3 cm³/mol. The highest BCUT2D eigenvalue weighted by molar-refractivity contribution is 6.01. The maximum absolute atomic E-state index is 12.7. The molecule has 110 valence electrons. The molecule has 0 spiro atoms. The Bertz CT molecular complexity index is 494. The second-order valence-electron chi connectivity index (χ2n) is 7.06. The number of hydrogen-bond acceptors (Lipinski definition) is 2. The third-order valence-corrected chi connectivity index (χ3v) is 4.74. The molecule has 1 aliphatic rings. The van der Waals surface area contributed by atoms with Crippen molar-refractivity contribution in [2.45, 2.75) is 53.5 Å². The number of Topliss-reactive ketones (excluding diaryl/α,β-unsaturated/α-hetero) is 1. The number of hydrogen-bond donors (Lipinski definition) is 0. The number of ketones is 1. The fourth-order valence-electron chi connectivity index (χ4n) is 2.91. The van der Waals surface area contributed by atoms with Gasteiger partial charge in [0.1, 0.15) is 0 Å². The van der Waals surface area contributed by atoms with Crippen LogP contribution in [-0.4, -0.2) is 29.8 Å². The topological polar surface area (TPSA) is 20.3 Å². The van der Waals surface area contributed by atoms with Crippen molar-refractivity contribution in [3.8, 4) is 0 Å². The number of aryl methyl sites for hydroxylation is 2. The summed E-state index contributed by atoms with van der Waals surface area (Å²) in [5.41, 5.74) is 3.57. The van der Waals surface area contributed by atoms with E-state index in [2.05, 4.69) is 37.8 Å². The molecule has 1 aliphatic heterocycles. The van der Waals surface area contributed by atoms with Crippen molar-refractivity contribution >= 4 is 5.78 Å². The van der Waals surface area contributed by atoms with Crippen molar-refractivity contribution in [3.63, 3.8) is 0 Å². The van der Waals surface area contributed by atoms with Crippen molar-refractivity contribution in [2.75, 3.05) is 13.1 Å². The summed E-state index contributed by atoms with van der Waals surface area (Å²) in [6.07, 6.45) is 2.36. The Labute approximate surface area is 123 Å². The monoisotopic (exact) mass is 273 g/mol. The number of carbonyl (C=O) groups excluding carboxylic acids is 1. The lowest BCUT2D eigenvalue weighted by atomic mass is 9.82. The van der Waals surface area contributed by atoms with Crippen LogP contribution in [0.25, 0.3) is 0 Å². The molecule has 0 aliphatic carbocycles. The first-order chi connectivity index (χ1) is 9.30. The fourth-order valence-corrected chi connectivity index (χ4v) is 2.91. The number of likely N-dealkylation sites (tertiary alicyclic amines) is 1. The minimum Gasteiger partial charge on any atom is -0.293 e. The molecular weight excluding hydrogens is 246 g/mol. The second-order valence-corrected chi connectivity index (χ2v) is 7.06. The number of nitrogens with zero attached hydrogens (tertiary/aromatic N) is 1. The van der Waals surface area contributed by atoms with E-state index in [1.165, 1.54) is 12.8 Å². The first-order valence-corrected chi connectivity index (χ1v) is 7.66. The van der Waals surface area contributed by atoms with Gasteiger partial charge in [0.15, 0.2) is 5.78 Å². The van der Waals surface area contributed by atoms with Gasteiger partial charge < -0.3 is 0 Å². The molecule has 2 heteroatoms. The molecule has 1 aromatic rings. The van der Waals surface area contributed by atoms with Gasteiger partial charge in [-0.25, -0.2) is 0 Å². The van der Waals surface area contributed by atoms with Gasteiger partial charge in [-0.05, 0) is 63.7 Å². The van der Waals surface area contributed by atoms with Gasteiger partial charge in [0, 0.05) is 5.56 Å². The van der Waals surface area contributed by atoms with E-state index in [-0.39, 0.29) is 11.8 Å². The van der Waals surface area contributed by atoms with E-state index in [0.717, 1.165) is 29.8 Å². The molecule has 1 atom stereocenters. The summed E-state index contributed by atoms with van der Waals surface area (Å²) < 4.78 is 0. The summed E-state index contributed by atoms with van der Waals surface area (Å²) in [5, 5.41) is 0. The Morgan fingerprint density at radius 1 is 1.20 bits per heavy atom. The summed E-state index contributed by atoms with van der Waals surface area (Å²) in [6, 6.07) is 6.14. The van der Waals surface area contributed by atoms with Gasteiger partial charge in [-0.1, -0.05) is 31.5 Å². The molecule has 0 bridgehead atoms. The largest absolute Gasteiger partial charge is 0.293 e. The lowest BCUT2D eigenvalue weighted by molar-refractivity contribution is 0.0687. The van der Waals surface area contributed by atoms with E-state index >= 15 is 0 Å². The second kappa shape index (κ2) is 5.69. The van der Waals surface area contributed by atoms with Crippen LogP contribution in [0.4, 0.5) is 0 Å². The Morgan fingerprint density at radius 2 is 1.80 bits per heavy atom. The van der Waals surface area contributed by atoms with Gasteiger partial charge in [0.25, 0.3) is 0 Å². The highest BCUT2D eigenvalue weighted by Gasteiger charge is 2.30. The molecule has 0 aromatic heterocycles. The number of rotatable bonds is 3. The number of carbonyl (C=O) groups is 1. The quantitative estimate of drug-likeness (QED) is 0.776. The zero-order valence-electron chi connectivity index (χ0n) is 13.5. The van der Waals surface area contributed by atoms with Gasteiger partial charge in [0.2, 0.25) is 0 Å². The van der Waals surface area contributed by atoms with E-state index in [1.807, 2.05) is 19.9 Å². The third kappa shape index (κ3) is 3.29. The van der Waals surface area contributed by atoms with Crippen LogP contribution in [0.3, 0.4) is 0 Å². The minimum absolute atomic E-state index is 0.00778. The zero-order valence-corrected chi connectivity index (χ0v) is 13.5. The number of benzene rings is 1. The lowest BCUT2D eigenvalue weighted by Gasteiger charge is -2.39. The van der Waals surface area contributed by atoms with Crippen molar-refractivity contribution in [1.29, 1.82) is 0 Å². The van der Waals surface area contributed by atoms with Crippen LogP contribution in [-0.2, 0) is 0 Å². The molecule has 1 saturated heterocycles. The Kier molecular flexibility index (Phi) is 4.33. The summed E-state index contributed by atoms with van der Waals surface area (Å²) in [5.74, 6) is 0.269. The van der Waals surface area contributed by atoms with Crippen LogP contribution in [0.1, 0.15) is 55.1 Å². The van der Waals surface area contributed by atoms with Gasteiger partial charge in [-0.2, -0.15) is 0 Å². The smallest absolute Gasteiger partial charge is 0.179 e. The lowest BCUT2D eigenvalue weighted by Crippen LogP contribution is -2.45. The fraction of sp³-hybridized carbons (Fsp3) is 0.611. The SMILES string of the molecule is Cc1ccc(C)c(C(=O)C(C)N2CCC(C)(C)CC2)c1. The minimum atomic E-state index is -0.00778. The molecule has 1 aromatic carbocycles. The van der Waals surface area contributed by atoms with Crippen molar-refractivity contribution in [3.05, 3.63) is 34.9 Å². The van der Waals surface area contributed by atoms with Crippen LogP contribution in [0.5, 0.6) is 0 Å². The molecule has 1 heterocycles. The van der Waals surface area contributed by atoms with Crippen molar-refractivity contribution in [2.24, 2.45) is 5.41 Å². The van der Waals surface area contributed by atoms with Crippen LogP contribution in [0.2, 0.25) is 0 Å². The first kappa shape index (κ1) is 15.2. The van der Waals surface area contributed by atoms with Crippen LogP contribution in [0.15, 0.2) is 18.2 Å². The third-order valence-electron chi connectivity index (χ3n) is 4.74. The van der Waals surface area contributed by atoms with Gasteiger partial charge in [0.05, 0.1) is 6.04 Å². The predicted octanol–water partition coefficient (Wildman–Crippen LogP) is 4.00. The standard InChI is InChI=1S/C18H27NO/c1-13-6-7-14(2)16(12-13)17(20)15(3)19-10-8-18(4,5)9-11-19/h6-7,12,15H,8-11H2,1-5H3. The van der Waals surface area contributed by atoms with E-state index < -0.39 is 0 Å². The molecule has 1 unspecified atom stereocenters. The Balaban J connectivity index is 2.11. The maximum Gasteiger partial charge on any atom is 0.179 e. The summed E-state index contributed by atoms with van der Waals surface area (Å²) in [7, 11) is 0. The average molecular weight is 273 g/mol. The maximum atomic E-state index is 12.7. The van der Waals surface area contributed by atoms with E-state index in [1.54, 1.807) is 0 Å². The molecule has 2 nitrogen and oxygen atoms in total. The normalized spacial score (nSPS) is 20.6. The van der Waals surface area contributed by atoms with Gasteiger partial charge in [-0.15, -0.1) is 0 Å². The van der Waals surface area contributed by atoms with Crippen LogP contribution < -0.4 is 0 Å². The average Bonchev–Trinajstić information content (AvgIpc) is 2.40. The molecule has 0 radical (unpaired) electrons.